The number of rotatable bonds is 12. The van der Waals surface area contributed by atoms with Gasteiger partial charge in [-0.25, -0.2) is 9.59 Å². The van der Waals surface area contributed by atoms with E-state index in [-0.39, 0.29) is 0 Å². The zero-order valence-corrected chi connectivity index (χ0v) is 22.2. The number of hydrogen-bond acceptors (Lipinski definition) is 6. The van der Waals surface area contributed by atoms with E-state index in [2.05, 4.69) is 13.8 Å². The molecule has 38 heavy (non-hydrogen) atoms. The third-order valence-electron chi connectivity index (χ3n) is 6.61. The van der Waals surface area contributed by atoms with Crippen LogP contribution in [0.2, 0.25) is 0 Å². The van der Waals surface area contributed by atoms with E-state index in [1.165, 1.54) is 0 Å². The number of carbonyl (C=O) groups is 2. The van der Waals surface area contributed by atoms with Gasteiger partial charge in [-0.1, -0.05) is 51.0 Å². The van der Waals surface area contributed by atoms with Gasteiger partial charge >= 0.3 is 11.9 Å². The molecule has 6 nitrogen and oxygen atoms in total. The van der Waals surface area contributed by atoms with Crippen molar-refractivity contribution in [3.05, 3.63) is 95.1 Å². The smallest absolute Gasteiger partial charge is 0.338 e. The van der Waals surface area contributed by atoms with Gasteiger partial charge in [0.1, 0.15) is 23.7 Å². The van der Waals surface area contributed by atoms with Crippen molar-refractivity contribution in [3.8, 4) is 11.5 Å². The van der Waals surface area contributed by atoms with Crippen LogP contribution in [0.25, 0.3) is 0 Å². The molecular weight excluding hydrogens is 480 g/mol. The Morgan fingerprint density at radius 3 is 1.39 bits per heavy atom. The Balaban J connectivity index is 1.43. The Hall–Kier alpha value is -3.80. The summed E-state index contributed by atoms with van der Waals surface area (Å²) in [4.78, 5) is 26.1. The minimum atomic E-state index is -0.599. The molecule has 0 bridgehead atoms. The minimum Gasteiger partial charge on any atom is -0.494 e. The van der Waals surface area contributed by atoms with Gasteiger partial charge in [-0.2, -0.15) is 0 Å². The Labute approximate surface area is 224 Å². The van der Waals surface area contributed by atoms with Gasteiger partial charge in [0, 0.05) is 12.8 Å². The first kappa shape index (κ1) is 27.2. The van der Waals surface area contributed by atoms with Crippen LogP contribution in [0.15, 0.2) is 72.8 Å². The number of fused-ring (bicyclic) bond motifs is 1. The maximum atomic E-state index is 13.0. The van der Waals surface area contributed by atoms with Gasteiger partial charge in [-0.05, 0) is 72.5 Å². The van der Waals surface area contributed by atoms with Gasteiger partial charge in [0.15, 0.2) is 0 Å². The number of hydrogen-bond donors (Lipinski definition) is 0. The summed E-state index contributed by atoms with van der Waals surface area (Å²) in [5.74, 6) is 0.526. The fraction of sp³-hybridized carbons (Fsp3) is 0.375. The first-order valence-electron chi connectivity index (χ1n) is 13.5. The van der Waals surface area contributed by atoms with E-state index in [9.17, 15) is 9.59 Å². The van der Waals surface area contributed by atoms with Crippen molar-refractivity contribution < 1.29 is 28.5 Å². The molecule has 1 aliphatic carbocycles. The monoisotopic (exact) mass is 516 g/mol. The van der Waals surface area contributed by atoms with Crippen LogP contribution in [0.1, 0.15) is 71.4 Å². The number of ether oxygens (including phenoxy) is 4. The quantitative estimate of drug-likeness (QED) is 0.200. The zero-order valence-electron chi connectivity index (χ0n) is 22.2. The number of esters is 2. The molecule has 200 valence electrons. The SMILES string of the molecule is CCCCOc1ccc(C(=O)O[C@H]2Cc3ccccc3C[C@H]2OC(=O)c2ccc(OCCCC)cc2)cc1. The molecule has 0 N–H and O–H groups in total. The van der Waals surface area contributed by atoms with Crippen LogP contribution >= 0.6 is 0 Å². The van der Waals surface area contributed by atoms with Crippen LogP contribution in [-0.2, 0) is 22.3 Å². The molecule has 0 saturated carbocycles. The lowest BCUT2D eigenvalue weighted by atomic mass is 9.87. The second kappa shape index (κ2) is 13.7. The van der Waals surface area contributed by atoms with E-state index >= 15 is 0 Å². The number of unbranched alkanes of at least 4 members (excludes halogenated alkanes) is 2. The molecule has 6 heteroatoms. The fourth-order valence-electron chi connectivity index (χ4n) is 4.34. The normalized spacial score (nSPS) is 16.3. The molecule has 2 atom stereocenters. The van der Waals surface area contributed by atoms with Crippen LogP contribution in [0.3, 0.4) is 0 Å². The van der Waals surface area contributed by atoms with E-state index in [0.717, 1.165) is 48.3 Å². The Kier molecular flexibility index (Phi) is 9.79. The maximum Gasteiger partial charge on any atom is 0.338 e. The zero-order chi connectivity index (χ0) is 26.7. The molecule has 0 saturated heterocycles. The molecule has 4 rings (SSSR count). The number of benzene rings is 3. The molecule has 0 heterocycles. The summed E-state index contributed by atoms with van der Waals surface area (Å²) < 4.78 is 23.2. The van der Waals surface area contributed by atoms with Crippen LogP contribution in [0, 0.1) is 0 Å². The van der Waals surface area contributed by atoms with E-state index < -0.39 is 24.1 Å². The van der Waals surface area contributed by atoms with E-state index in [0.29, 0.717) is 37.2 Å². The minimum absolute atomic E-state index is 0.426. The Bertz CT molecular complexity index is 1090. The summed E-state index contributed by atoms with van der Waals surface area (Å²) in [6, 6.07) is 21.9. The predicted octanol–water partition coefficient (Wildman–Crippen LogP) is 6.59. The summed E-state index contributed by atoms with van der Waals surface area (Å²) in [6.07, 6.45) is 3.81. The summed E-state index contributed by atoms with van der Waals surface area (Å²) >= 11 is 0. The molecular formula is C32H36O6. The molecule has 0 radical (unpaired) electrons. The summed E-state index contributed by atoms with van der Waals surface area (Å²) in [5.41, 5.74) is 3.03. The van der Waals surface area contributed by atoms with Gasteiger partial charge in [-0.3, -0.25) is 0 Å². The van der Waals surface area contributed by atoms with Gasteiger partial charge in [0.2, 0.25) is 0 Å². The standard InChI is InChI=1S/C32H36O6/c1-3-5-19-35-27-15-11-23(12-16-27)31(33)37-29-21-25-9-7-8-10-26(25)22-30(29)38-32(34)24-13-17-28(18-14-24)36-20-6-4-2/h7-18,29-30H,3-6,19-22H2,1-2H3/t29-,30+. The first-order valence-corrected chi connectivity index (χ1v) is 13.5. The molecule has 0 amide bonds. The molecule has 0 spiro atoms. The summed E-state index contributed by atoms with van der Waals surface area (Å²) in [5, 5.41) is 0. The van der Waals surface area contributed by atoms with E-state index in [1.54, 1.807) is 48.5 Å². The topological polar surface area (TPSA) is 71.1 Å². The van der Waals surface area contributed by atoms with Crippen LogP contribution in [0.4, 0.5) is 0 Å². The number of carbonyl (C=O) groups excluding carboxylic acids is 2. The third kappa shape index (κ3) is 7.37. The van der Waals surface area contributed by atoms with Gasteiger partial charge in [0.05, 0.1) is 24.3 Å². The molecule has 1 aliphatic rings. The van der Waals surface area contributed by atoms with Crippen molar-refractivity contribution in [2.75, 3.05) is 13.2 Å². The van der Waals surface area contributed by atoms with Crippen molar-refractivity contribution in [2.24, 2.45) is 0 Å². The lowest BCUT2D eigenvalue weighted by molar-refractivity contribution is -0.0389. The second-order valence-electron chi connectivity index (χ2n) is 9.52. The van der Waals surface area contributed by atoms with Crippen molar-refractivity contribution in [1.29, 1.82) is 0 Å². The maximum absolute atomic E-state index is 13.0. The van der Waals surface area contributed by atoms with Crippen LogP contribution < -0.4 is 9.47 Å². The van der Waals surface area contributed by atoms with Gasteiger partial charge < -0.3 is 18.9 Å². The lowest BCUT2D eigenvalue weighted by Gasteiger charge is -2.32. The molecule has 0 unspecified atom stereocenters. The molecule has 3 aromatic rings. The van der Waals surface area contributed by atoms with Crippen molar-refractivity contribution >= 4 is 11.9 Å². The highest BCUT2D eigenvalue weighted by Gasteiger charge is 2.34. The highest BCUT2D eigenvalue weighted by molar-refractivity contribution is 5.90. The molecule has 0 fully saturated rings. The summed E-state index contributed by atoms with van der Waals surface area (Å²) in [6.45, 7) is 5.50. The Morgan fingerprint density at radius 1 is 0.632 bits per heavy atom. The average Bonchev–Trinajstić information content (AvgIpc) is 2.94. The van der Waals surface area contributed by atoms with Crippen LogP contribution in [0.5, 0.6) is 11.5 Å². The third-order valence-corrected chi connectivity index (χ3v) is 6.61. The first-order chi connectivity index (χ1) is 18.6. The van der Waals surface area contributed by atoms with E-state index in [1.807, 2.05) is 24.3 Å². The average molecular weight is 517 g/mol. The second-order valence-corrected chi connectivity index (χ2v) is 9.52. The molecule has 0 aliphatic heterocycles. The van der Waals surface area contributed by atoms with Crippen molar-refractivity contribution in [2.45, 2.75) is 64.6 Å². The molecule has 0 aromatic heterocycles. The van der Waals surface area contributed by atoms with E-state index in [4.69, 9.17) is 18.9 Å². The molecule has 3 aromatic carbocycles. The van der Waals surface area contributed by atoms with Crippen molar-refractivity contribution in [1.82, 2.24) is 0 Å². The highest BCUT2D eigenvalue weighted by Crippen LogP contribution is 2.27. The fourth-order valence-corrected chi connectivity index (χ4v) is 4.34. The Morgan fingerprint density at radius 2 is 1.03 bits per heavy atom. The van der Waals surface area contributed by atoms with Gasteiger partial charge in [-0.15, -0.1) is 0 Å². The summed E-state index contributed by atoms with van der Waals surface area (Å²) in [7, 11) is 0. The lowest BCUT2D eigenvalue weighted by Crippen LogP contribution is -2.41. The largest absolute Gasteiger partial charge is 0.494 e. The highest BCUT2D eigenvalue weighted by atomic mass is 16.6. The van der Waals surface area contributed by atoms with Crippen LogP contribution in [-0.4, -0.2) is 37.4 Å². The van der Waals surface area contributed by atoms with Gasteiger partial charge in [0.25, 0.3) is 0 Å². The predicted molar refractivity (Wildman–Crippen MR) is 146 cm³/mol. The van der Waals surface area contributed by atoms with Crippen molar-refractivity contribution in [3.63, 3.8) is 0 Å².